The summed E-state index contributed by atoms with van der Waals surface area (Å²) in [5.74, 6) is 6.45. The monoisotopic (exact) mass is 960 g/mol. The van der Waals surface area contributed by atoms with E-state index in [-0.39, 0.29) is 6.04 Å². The zero-order valence-corrected chi connectivity index (χ0v) is 42.8. The minimum absolute atomic E-state index is 0.177. The van der Waals surface area contributed by atoms with Gasteiger partial charge in [-0.3, -0.25) is 0 Å². The number of hydrogen-bond acceptors (Lipinski definition) is 6. The Bertz CT molecular complexity index is 2830. The largest absolute Gasteiger partial charge is 0.457 e. The molecule has 4 nitrogen and oxygen atoms in total. The molecule has 0 radical (unpaired) electrons. The number of para-hydroxylation sites is 2. The maximum absolute atomic E-state index is 6.64. The van der Waals surface area contributed by atoms with E-state index in [4.69, 9.17) is 14.5 Å². The molecule has 0 spiro atoms. The Morgan fingerprint density at radius 1 is 0.514 bits per heavy atom. The molecule has 70 heavy (non-hydrogen) atoms. The van der Waals surface area contributed by atoms with Gasteiger partial charge in [0.25, 0.3) is 0 Å². The molecule has 5 aliphatic rings. The van der Waals surface area contributed by atoms with Crippen LogP contribution in [0.25, 0.3) is 22.3 Å². The van der Waals surface area contributed by atoms with Gasteiger partial charge >= 0.3 is 0 Å². The van der Waals surface area contributed by atoms with Gasteiger partial charge < -0.3 is 14.8 Å². The first-order valence-corrected chi connectivity index (χ1v) is 28.3. The first kappa shape index (κ1) is 46.9. The van der Waals surface area contributed by atoms with Crippen LogP contribution in [0.3, 0.4) is 0 Å². The molecule has 1 N–H and O–H groups in total. The zero-order chi connectivity index (χ0) is 47.2. The smallest absolute Gasteiger partial charge is 0.154 e. The van der Waals surface area contributed by atoms with Crippen molar-refractivity contribution in [1.29, 1.82) is 0 Å². The van der Waals surface area contributed by atoms with Crippen molar-refractivity contribution in [3.8, 4) is 33.8 Å². The molecule has 3 aliphatic carbocycles. The summed E-state index contributed by atoms with van der Waals surface area (Å²) in [5, 5.41) is 3.78. The second-order valence-corrected chi connectivity index (χ2v) is 22.8. The molecule has 1 atom stereocenters. The quantitative estimate of drug-likeness (QED) is 0.0979. The van der Waals surface area contributed by atoms with E-state index in [1.54, 1.807) is 23.5 Å². The first-order chi connectivity index (χ1) is 34.5. The molecular weight excluding hydrogens is 893 g/mol. The number of fused-ring (bicyclic) bond motifs is 4. The van der Waals surface area contributed by atoms with Gasteiger partial charge in [0.1, 0.15) is 23.2 Å². The van der Waals surface area contributed by atoms with Crippen LogP contribution in [0.2, 0.25) is 0 Å². The highest BCUT2D eigenvalue weighted by atomic mass is 32.2. The summed E-state index contributed by atoms with van der Waals surface area (Å²) in [4.78, 5) is 9.73. The predicted octanol–water partition coefficient (Wildman–Crippen LogP) is 19.2. The van der Waals surface area contributed by atoms with Crippen LogP contribution in [0, 0.1) is 11.8 Å². The van der Waals surface area contributed by atoms with E-state index in [0.717, 1.165) is 61.7 Å². The lowest BCUT2D eigenvalue weighted by molar-refractivity contribution is 0.303. The van der Waals surface area contributed by atoms with Crippen LogP contribution >= 0.6 is 23.5 Å². The second kappa shape index (κ2) is 21.9. The van der Waals surface area contributed by atoms with E-state index in [2.05, 4.69) is 147 Å². The number of nitrogens with zero attached hydrogens (tertiary/aromatic N) is 1. The van der Waals surface area contributed by atoms with Gasteiger partial charge in [-0.25, -0.2) is 4.99 Å². The van der Waals surface area contributed by atoms with Crippen molar-refractivity contribution in [3.63, 3.8) is 0 Å². The van der Waals surface area contributed by atoms with Gasteiger partial charge in [-0.15, -0.1) is 0 Å². The minimum atomic E-state index is -0.177. The Balaban J connectivity index is 0.712. The van der Waals surface area contributed by atoms with Crippen LogP contribution in [0.1, 0.15) is 140 Å². The number of unbranched alkanes of at least 4 members (excludes halogenated alkanes) is 4. The van der Waals surface area contributed by atoms with Gasteiger partial charge in [0.15, 0.2) is 17.3 Å². The number of rotatable bonds is 16. The van der Waals surface area contributed by atoms with Crippen molar-refractivity contribution in [1.82, 2.24) is 0 Å². The summed E-state index contributed by atoms with van der Waals surface area (Å²) in [5.41, 5.74) is 10.7. The van der Waals surface area contributed by atoms with E-state index in [1.807, 2.05) is 18.2 Å². The van der Waals surface area contributed by atoms with Crippen molar-refractivity contribution in [2.24, 2.45) is 16.8 Å². The van der Waals surface area contributed by atoms with Crippen molar-refractivity contribution in [3.05, 3.63) is 168 Å². The average Bonchev–Trinajstić information content (AvgIpc) is 3.41. The fourth-order valence-corrected chi connectivity index (χ4v) is 13.5. The summed E-state index contributed by atoms with van der Waals surface area (Å²) in [6.45, 7) is 4.61. The van der Waals surface area contributed by atoms with Crippen LogP contribution < -0.4 is 14.8 Å². The van der Waals surface area contributed by atoms with Crippen LogP contribution in [0.5, 0.6) is 11.5 Å². The van der Waals surface area contributed by atoms with Crippen molar-refractivity contribution in [2.75, 3.05) is 5.32 Å². The first-order valence-electron chi connectivity index (χ1n) is 26.7. The van der Waals surface area contributed by atoms with E-state index in [1.165, 1.54) is 146 Å². The van der Waals surface area contributed by atoms with Gasteiger partial charge in [0.05, 0.1) is 5.69 Å². The zero-order valence-electron chi connectivity index (χ0n) is 41.1. The summed E-state index contributed by atoms with van der Waals surface area (Å²) in [7, 11) is 0. The molecule has 2 saturated carbocycles. The van der Waals surface area contributed by atoms with Crippen molar-refractivity contribution < 1.29 is 9.47 Å². The molecule has 1 unspecified atom stereocenters. The molecular formula is C64H68N2O2S2. The lowest BCUT2D eigenvalue weighted by Crippen LogP contribution is -2.33. The number of hydrogen-bond donors (Lipinski definition) is 1. The molecule has 2 aliphatic heterocycles. The van der Waals surface area contributed by atoms with Crippen LogP contribution in [0.15, 0.2) is 182 Å². The fraction of sp³-hybridized carbons (Fsp3) is 0.359. The Kier molecular flexibility index (Phi) is 14.7. The van der Waals surface area contributed by atoms with Gasteiger partial charge in [0, 0.05) is 25.7 Å². The average molecular weight is 961 g/mol. The Hall–Kier alpha value is -5.43. The Morgan fingerprint density at radius 2 is 1.00 bits per heavy atom. The van der Waals surface area contributed by atoms with E-state index in [0.29, 0.717) is 11.8 Å². The number of nitrogens with one attached hydrogen (secondary N) is 1. The molecule has 0 saturated heterocycles. The lowest BCUT2D eigenvalue weighted by atomic mass is 9.77. The maximum Gasteiger partial charge on any atom is 0.154 e. The summed E-state index contributed by atoms with van der Waals surface area (Å²) >= 11 is 3.48. The maximum atomic E-state index is 6.64. The summed E-state index contributed by atoms with van der Waals surface area (Å²) in [6.07, 6.45) is 26.1. The lowest BCUT2D eigenvalue weighted by Gasteiger charge is -2.33. The predicted molar refractivity (Wildman–Crippen MR) is 294 cm³/mol. The molecule has 6 aromatic carbocycles. The molecule has 358 valence electrons. The van der Waals surface area contributed by atoms with Crippen LogP contribution in [0.4, 0.5) is 11.4 Å². The molecule has 6 heteroatoms. The second-order valence-electron chi connectivity index (χ2n) is 20.6. The van der Waals surface area contributed by atoms with Crippen molar-refractivity contribution >= 4 is 40.6 Å². The normalized spacial score (nSPS) is 21.3. The van der Waals surface area contributed by atoms with Gasteiger partial charge in [0.2, 0.25) is 0 Å². The highest BCUT2D eigenvalue weighted by Crippen LogP contribution is 2.48. The molecule has 11 rings (SSSR count). The van der Waals surface area contributed by atoms with E-state index < -0.39 is 0 Å². The molecule has 2 fully saturated rings. The number of benzene rings is 6. The standard InChI is InChI=1S/C64H68N2O2S2/c1-3-5-7-11-43-17-21-45(22-18-43)47-25-29-49(30-26-47)51-33-37-53(38-34-51)69-61-15-9-13-57-63(61)65-55-41-60-56(42-59(55)67-57)66-64-58(68-60)14-10-16-62(64)70-54-39-35-52(36-40-54)50-31-27-48(28-32-50)46-23-19-44(20-24-46)12-8-6-4-2/h9-10,13-16,25-46,55,65H,3-8,11-12,17-24H2,1-2H3. The van der Waals surface area contributed by atoms with Gasteiger partial charge in [-0.05, 0) is 163 Å². The third-order valence-corrected chi connectivity index (χ3v) is 17.9. The number of ether oxygens (including phenoxy) is 2. The highest BCUT2D eigenvalue weighted by molar-refractivity contribution is 7.99. The summed E-state index contributed by atoms with van der Waals surface area (Å²) in [6, 6.07) is 49.1. The van der Waals surface area contributed by atoms with Gasteiger partial charge in [-0.2, -0.15) is 0 Å². The number of allylic oxidation sites excluding steroid dienone is 1. The van der Waals surface area contributed by atoms with Gasteiger partial charge in [-0.1, -0.05) is 174 Å². The van der Waals surface area contributed by atoms with Crippen LogP contribution in [-0.4, -0.2) is 11.8 Å². The molecule has 0 bridgehead atoms. The van der Waals surface area contributed by atoms with E-state index >= 15 is 0 Å². The Morgan fingerprint density at radius 3 is 1.53 bits per heavy atom. The SMILES string of the molecule is CCCCCC1CCC(c2ccc(-c3ccc(Sc4cccc5c4N=C4C=C6Oc7cccc(Sc8ccc(-c9ccc(C%10CCC(CCCCC)CC%10)cc9)cc8)c7NC6C=C4O5)cc3)cc2)CC1. The highest BCUT2D eigenvalue weighted by Gasteiger charge is 2.33. The molecule has 0 amide bonds. The minimum Gasteiger partial charge on any atom is -0.457 e. The number of anilines is 1. The molecule has 0 aromatic heterocycles. The third-order valence-electron chi connectivity index (χ3n) is 15.8. The third kappa shape index (κ3) is 10.7. The Labute approximate surface area is 425 Å². The molecule has 2 heterocycles. The number of aliphatic imine (C=N–C) groups is 1. The van der Waals surface area contributed by atoms with Crippen LogP contribution in [-0.2, 0) is 0 Å². The van der Waals surface area contributed by atoms with E-state index in [9.17, 15) is 0 Å². The molecule has 6 aromatic rings. The summed E-state index contributed by atoms with van der Waals surface area (Å²) < 4.78 is 13.2. The fourth-order valence-electron chi connectivity index (χ4n) is 11.6. The van der Waals surface area contributed by atoms with Crippen molar-refractivity contribution in [2.45, 2.75) is 154 Å². The topological polar surface area (TPSA) is 42.8 Å².